The molecule has 0 aliphatic heterocycles. The van der Waals surface area contributed by atoms with Gasteiger partial charge in [-0.2, -0.15) is 0 Å². The summed E-state index contributed by atoms with van der Waals surface area (Å²) in [7, 11) is 0. The second kappa shape index (κ2) is 2.23. The number of nitrogens with zero attached hydrogens (tertiary/aromatic N) is 1. The molecule has 38 valence electrons. The smallest absolute Gasteiger partial charge is 0.264 e. The highest BCUT2D eigenvalue weighted by Gasteiger charge is 1.96. The lowest BCUT2D eigenvalue weighted by Crippen LogP contribution is -1.89. The van der Waals surface area contributed by atoms with Gasteiger partial charge in [-0.3, -0.25) is 4.79 Å². The zero-order valence-corrected chi connectivity index (χ0v) is 3.97. The standard InChI is InChI=1S/C4H5NO2/c1-3(2)4(6)5-7/h1H2,2H3. The predicted molar refractivity (Wildman–Crippen MR) is 25.6 cm³/mol. The van der Waals surface area contributed by atoms with Crippen LogP contribution in [0, 0.1) is 4.91 Å². The third kappa shape index (κ3) is 1.81. The summed E-state index contributed by atoms with van der Waals surface area (Å²) >= 11 is 0. The molecule has 0 N–H and O–H groups in total. The van der Waals surface area contributed by atoms with Gasteiger partial charge in [-0.25, -0.2) is 0 Å². The molecule has 0 saturated heterocycles. The highest BCUT2D eigenvalue weighted by Crippen LogP contribution is 1.87. The Morgan fingerprint density at radius 1 is 1.71 bits per heavy atom. The summed E-state index contributed by atoms with van der Waals surface area (Å²) in [4.78, 5) is 19.2. The third-order valence-corrected chi connectivity index (χ3v) is 0.448. The predicted octanol–water partition coefficient (Wildman–Crippen LogP) is 0.855. The van der Waals surface area contributed by atoms with Crippen molar-refractivity contribution in [1.29, 1.82) is 0 Å². The van der Waals surface area contributed by atoms with Gasteiger partial charge >= 0.3 is 5.91 Å². The molecule has 0 aromatic rings. The van der Waals surface area contributed by atoms with Crippen LogP contribution in [0.15, 0.2) is 17.3 Å². The average molecular weight is 99.1 g/mol. The van der Waals surface area contributed by atoms with E-state index >= 15 is 0 Å². The molecule has 0 aliphatic rings. The third-order valence-electron chi connectivity index (χ3n) is 0.448. The number of nitroso groups, excluding NO2 is 1. The van der Waals surface area contributed by atoms with Crippen molar-refractivity contribution in [2.45, 2.75) is 6.92 Å². The minimum Gasteiger partial charge on any atom is -0.264 e. The molecule has 1 amide bonds. The fourth-order valence-corrected chi connectivity index (χ4v) is 0.0779. The molecule has 0 spiro atoms. The van der Waals surface area contributed by atoms with Gasteiger partial charge in [0.25, 0.3) is 0 Å². The molecule has 0 rings (SSSR count). The molecule has 3 heteroatoms. The Bertz CT molecular complexity index is 117. The Morgan fingerprint density at radius 2 is 2.14 bits per heavy atom. The van der Waals surface area contributed by atoms with Crippen LogP contribution in [0.5, 0.6) is 0 Å². The molecule has 0 radical (unpaired) electrons. The van der Waals surface area contributed by atoms with Crippen molar-refractivity contribution >= 4 is 5.91 Å². The first-order valence-corrected chi connectivity index (χ1v) is 1.71. The van der Waals surface area contributed by atoms with Crippen molar-refractivity contribution in [3.63, 3.8) is 0 Å². The molecule has 0 atom stereocenters. The van der Waals surface area contributed by atoms with E-state index in [4.69, 9.17) is 0 Å². The quantitative estimate of drug-likeness (QED) is 0.361. The van der Waals surface area contributed by atoms with Crippen LogP contribution in [0.3, 0.4) is 0 Å². The summed E-state index contributed by atoms with van der Waals surface area (Å²) < 4.78 is 0. The summed E-state index contributed by atoms with van der Waals surface area (Å²) in [5, 5.41) is 2.10. The maximum Gasteiger partial charge on any atom is 0.311 e. The first-order chi connectivity index (χ1) is 3.18. The van der Waals surface area contributed by atoms with Crippen molar-refractivity contribution in [1.82, 2.24) is 0 Å². The van der Waals surface area contributed by atoms with Crippen molar-refractivity contribution in [2.75, 3.05) is 0 Å². The lowest BCUT2D eigenvalue weighted by molar-refractivity contribution is -0.114. The number of rotatable bonds is 1. The maximum atomic E-state index is 9.93. The van der Waals surface area contributed by atoms with E-state index in [0.717, 1.165) is 0 Å². The zero-order chi connectivity index (χ0) is 5.86. The molecule has 0 aliphatic carbocycles. The molecule has 0 fully saturated rings. The molecule has 0 heterocycles. The fraction of sp³-hybridized carbons (Fsp3) is 0.250. The summed E-state index contributed by atoms with van der Waals surface area (Å²) in [6.07, 6.45) is 0. The van der Waals surface area contributed by atoms with Gasteiger partial charge in [-0.15, -0.1) is 4.91 Å². The highest BCUT2D eigenvalue weighted by atomic mass is 16.3. The van der Waals surface area contributed by atoms with Crippen molar-refractivity contribution in [3.8, 4) is 0 Å². The highest BCUT2D eigenvalue weighted by molar-refractivity contribution is 5.92. The van der Waals surface area contributed by atoms with Gasteiger partial charge in [0.05, 0.1) is 0 Å². The van der Waals surface area contributed by atoms with E-state index in [1.807, 2.05) is 0 Å². The van der Waals surface area contributed by atoms with Gasteiger partial charge < -0.3 is 0 Å². The summed E-state index contributed by atoms with van der Waals surface area (Å²) in [6.45, 7) is 4.62. The molecular weight excluding hydrogens is 94.0 g/mol. The topological polar surface area (TPSA) is 46.5 Å². The van der Waals surface area contributed by atoms with E-state index in [2.05, 4.69) is 11.8 Å². The maximum absolute atomic E-state index is 9.93. The number of amides is 1. The molecule has 0 aromatic carbocycles. The minimum absolute atomic E-state index is 0.176. The Labute approximate surface area is 41.0 Å². The van der Waals surface area contributed by atoms with Gasteiger partial charge in [0.15, 0.2) is 0 Å². The van der Waals surface area contributed by atoms with Crippen LogP contribution in [0.4, 0.5) is 0 Å². The molecule has 0 bridgehead atoms. The van der Waals surface area contributed by atoms with E-state index in [-0.39, 0.29) is 5.57 Å². The van der Waals surface area contributed by atoms with Crippen molar-refractivity contribution in [2.24, 2.45) is 5.18 Å². The molecule has 7 heavy (non-hydrogen) atoms. The zero-order valence-electron chi connectivity index (χ0n) is 3.97. The van der Waals surface area contributed by atoms with Crippen LogP contribution in [0.2, 0.25) is 0 Å². The number of carbonyl (C=O) groups excluding carboxylic acids is 1. The van der Waals surface area contributed by atoms with Gasteiger partial charge in [-0.05, 0) is 6.92 Å². The van der Waals surface area contributed by atoms with E-state index in [1.54, 1.807) is 0 Å². The van der Waals surface area contributed by atoms with E-state index in [0.29, 0.717) is 0 Å². The fourth-order valence-electron chi connectivity index (χ4n) is 0.0779. The van der Waals surface area contributed by atoms with Crippen LogP contribution in [0.1, 0.15) is 6.92 Å². The lowest BCUT2D eigenvalue weighted by Gasteiger charge is -1.78. The molecule has 3 nitrogen and oxygen atoms in total. The summed E-state index contributed by atoms with van der Waals surface area (Å²) in [5.74, 6) is -0.778. The Morgan fingerprint density at radius 3 is 2.14 bits per heavy atom. The van der Waals surface area contributed by atoms with E-state index in [9.17, 15) is 9.70 Å². The number of hydrogen-bond acceptors (Lipinski definition) is 2. The molecular formula is C4H5NO2. The van der Waals surface area contributed by atoms with Gasteiger partial charge in [0, 0.05) is 10.7 Å². The van der Waals surface area contributed by atoms with Crippen LogP contribution >= 0.6 is 0 Å². The van der Waals surface area contributed by atoms with Gasteiger partial charge in [-0.1, -0.05) is 6.58 Å². The van der Waals surface area contributed by atoms with Gasteiger partial charge in [0.1, 0.15) is 0 Å². The van der Waals surface area contributed by atoms with Gasteiger partial charge in [0.2, 0.25) is 0 Å². The first-order valence-electron chi connectivity index (χ1n) is 1.71. The monoisotopic (exact) mass is 99.0 g/mol. The van der Waals surface area contributed by atoms with Crippen LogP contribution < -0.4 is 0 Å². The molecule has 0 aromatic heterocycles. The second-order valence-electron chi connectivity index (χ2n) is 1.18. The SMILES string of the molecule is C=C(C)C(=O)N=O. The number of hydrogen-bond donors (Lipinski definition) is 0. The van der Waals surface area contributed by atoms with Crippen molar-refractivity contribution < 1.29 is 4.79 Å². The van der Waals surface area contributed by atoms with E-state index < -0.39 is 5.91 Å². The van der Waals surface area contributed by atoms with Crippen LogP contribution in [-0.2, 0) is 4.79 Å². The van der Waals surface area contributed by atoms with Crippen molar-refractivity contribution in [3.05, 3.63) is 17.1 Å². The first kappa shape index (κ1) is 6.01. The number of carbonyl (C=O) groups is 1. The summed E-state index contributed by atoms with van der Waals surface area (Å²) in [6, 6.07) is 0. The lowest BCUT2D eigenvalue weighted by atomic mass is 10.3. The Hall–Kier alpha value is -0.990. The Balaban J connectivity index is 3.81. The largest absolute Gasteiger partial charge is 0.311 e. The molecule has 0 unspecified atom stereocenters. The van der Waals surface area contributed by atoms with E-state index in [1.165, 1.54) is 6.92 Å². The normalized spacial score (nSPS) is 7.57. The molecule has 0 saturated carbocycles. The minimum atomic E-state index is -0.778. The van der Waals surface area contributed by atoms with Crippen LogP contribution in [0.25, 0.3) is 0 Å². The average Bonchev–Trinajstić information content (AvgIpc) is 1.65. The van der Waals surface area contributed by atoms with Crippen LogP contribution in [-0.4, -0.2) is 5.91 Å². The Kier molecular flexibility index (Phi) is 1.91. The summed E-state index contributed by atoms with van der Waals surface area (Å²) in [5.41, 5.74) is 0.176. The second-order valence-corrected chi connectivity index (χ2v) is 1.18.